The molecule has 2 N–H and O–H groups in total. The molecule has 0 radical (unpaired) electrons. The number of aromatic nitrogens is 2. The molecule has 0 saturated carbocycles. The van der Waals surface area contributed by atoms with E-state index in [1.807, 2.05) is 6.92 Å². The van der Waals surface area contributed by atoms with Crippen LogP contribution in [0.1, 0.15) is 51.9 Å². The zero-order chi connectivity index (χ0) is 14.4. The zero-order valence-corrected chi connectivity index (χ0v) is 13.2. The Morgan fingerprint density at radius 3 is 2.11 bits per heavy atom. The summed E-state index contributed by atoms with van der Waals surface area (Å²) in [7, 11) is 0. The average molecular weight is 264 g/mol. The highest BCUT2D eigenvalue weighted by atomic mass is 15.1. The third-order valence-electron chi connectivity index (χ3n) is 3.72. The van der Waals surface area contributed by atoms with Gasteiger partial charge < -0.3 is 10.6 Å². The molecular formula is C15H28N4. The molecule has 4 heteroatoms. The maximum Gasteiger partial charge on any atom is 0.134 e. The van der Waals surface area contributed by atoms with Crippen molar-refractivity contribution in [3.8, 4) is 0 Å². The van der Waals surface area contributed by atoms with Gasteiger partial charge in [-0.3, -0.25) is 0 Å². The van der Waals surface area contributed by atoms with Crippen LogP contribution >= 0.6 is 0 Å². The van der Waals surface area contributed by atoms with Crippen LogP contribution in [0.25, 0.3) is 0 Å². The molecule has 0 aliphatic carbocycles. The number of aryl methyl sites for hydroxylation is 1. The lowest BCUT2D eigenvalue weighted by Crippen LogP contribution is -2.26. The Labute approximate surface area is 117 Å². The van der Waals surface area contributed by atoms with Crippen LogP contribution < -0.4 is 10.6 Å². The highest BCUT2D eigenvalue weighted by Crippen LogP contribution is 2.23. The molecule has 4 nitrogen and oxygen atoms in total. The summed E-state index contributed by atoms with van der Waals surface area (Å²) in [5.74, 6) is 3.38. The lowest BCUT2D eigenvalue weighted by Gasteiger charge is -2.24. The van der Waals surface area contributed by atoms with E-state index in [9.17, 15) is 0 Å². The van der Waals surface area contributed by atoms with Crippen LogP contribution in [0.5, 0.6) is 0 Å². The molecule has 1 aromatic heterocycles. The van der Waals surface area contributed by atoms with Crippen LogP contribution in [0, 0.1) is 19.8 Å². The number of nitrogens with zero attached hydrogens (tertiary/aromatic N) is 2. The number of hydrogen-bond acceptors (Lipinski definition) is 4. The normalized spacial score (nSPS) is 12.6. The van der Waals surface area contributed by atoms with Gasteiger partial charge in [-0.25, -0.2) is 9.97 Å². The highest BCUT2D eigenvalue weighted by molar-refractivity contribution is 5.57. The lowest BCUT2D eigenvalue weighted by molar-refractivity contribution is 0.437. The molecule has 0 aliphatic heterocycles. The Hall–Kier alpha value is -1.32. The molecule has 19 heavy (non-hydrogen) atoms. The molecule has 1 atom stereocenters. The molecule has 0 spiro atoms. The third-order valence-corrected chi connectivity index (χ3v) is 3.72. The molecule has 108 valence electrons. The standard InChI is InChI=1S/C15H28N4/c1-7-13(8-2)11(5)17-15-10(4)14(16-9-3)18-12(6)19-15/h11,13H,7-9H2,1-6H3,(H2,16,17,18,19). The minimum Gasteiger partial charge on any atom is -0.370 e. The summed E-state index contributed by atoms with van der Waals surface area (Å²) < 4.78 is 0. The quantitative estimate of drug-likeness (QED) is 0.787. The van der Waals surface area contributed by atoms with Gasteiger partial charge in [0, 0.05) is 18.2 Å². The van der Waals surface area contributed by atoms with E-state index in [2.05, 4.69) is 55.2 Å². The van der Waals surface area contributed by atoms with Crippen LogP contribution in [0.3, 0.4) is 0 Å². The minimum absolute atomic E-state index is 0.428. The lowest BCUT2D eigenvalue weighted by atomic mass is 9.95. The van der Waals surface area contributed by atoms with E-state index < -0.39 is 0 Å². The van der Waals surface area contributed by atoms with Gasteiger partial charge in [0.15, 0.2) is 0 Å². The summed E-state index contributed by atoms with van der Waals surface area (Å²) in [6.45, 7) is 13.7. The van der Waals surface area contributed by atoms with Crippen LogP contribution in [-0.4, -0.2) is 22.6 Å². The van der Waals surface area contributed by atoms with E-state index in [0.717, 1.165) is 29.6 Å². The van der Waals surface area contributed by atoms with Crippen LogP contribution in [0.15, 0.2) is 0 Å². The first kappa shape index (κ1) is 15.7. The number of hydrogen-bond donors (Lipinski definition) is 2. The molecule has 0 bridgehead atoms. The summed E-state index contributed by atoms with van der Waals surface area (Å²) in [4.78, 5) is 9.00. The molecule has 0 saturated heterocycles. The Morgan fingerprint density at radius 2 is 1.58 bits per heavy atom. The van der Waals surface area contributed by atoms with Gasteiger partial charge in [-0.15, -0.1) is 0 Å². The maximum atomic E-state index is 4.54. The Balaban J connectivity index is 2.94. The summed E-state index contributed by atoms with van der Waals surface area (Å²) in [6, 6.07) is 0.428. The van der Waals surface area contributed by atoms with E-state index in [1.165, 1.54) is 12.8 Å². The van der Waals surface area contributed by atoms with E-state index in [0.29, 0.717) is 12.0 Å². The monoisotopic (exact) mass is 264 g/mol. The maximum absolute atomic E-state index is 4.54. The fraction of sp³-hybridized carbons (Fsp3) is 0.733. The molecule has 0 aliphatic rings. The van der Waals surface area contributed by atoms with Crippen LogP contribution in [0.4, 0.5) is 11.6 Å². The van der Waals surface area contributed by atoms with Crippen molar-refractivity contribution in [1.29, 1.82) is 0 Å². The summed E-state index contributed by atoms with van der Waals surface area (Å²) in [5.41, 5.74) is 1.10. The number of rotatable bonds is 7. The van der Waals surface area contributed by atoms with Gasteiger partial charge in [0.25, 0.3) is 0 Å². The first-order valence-corrected chi connectivity index (χ1v) is 7.39. The van der Waals surface area contributed by atoms with Crippen molar-refractivity contribution in [3.63, 3.8) is 0 Å². The van der Waals surface area contributed by atoms with Gasteiger partial charge in [-0.1, -0.05) is 26.7 Å². The second-order valence-electron chi connectivity index (χ2n) is 5.13. The molecule has 0 fully saturated rings. The molecular weight excluding hydrogens is 236 g/mol. The number of nitrogens with one attached hydrogen (secondary N) is 2. The Bertz CT molecular complexity index is 399. The van der Waals surface area contributed by atoms with Crippen molar-refractivity contribution in [2.75, 3.05) is 17.2 Å². The van der Waals surface area contributed by atoms with E-state index >= 15 is 0 Å². The van der Waals surface area contributed by atoms with Crippen molar-refractivity contribution in [1.82, 2.24) is 9.97 Å². The molecule has 0 aromatic carbocycles. The molecule has 1 heterocycles. The largest absolute Gasteiger partial charge is 0.370 e. The van der Waals surface area contributed by atoms with Crippen molar-refractivity contribution in [3.05, 3.63) is 11.4 Å². The summed E-state index contributed by atoms with van der Waals surface area (Å²) in [6.07, 6.45) is 2.38. The van der Waals surface area contributed by atoms with Gasteiger partial charge >= 0.3 is 0 Å². The zero-order valence-electron chi connectivity index (χ0n) is 13.2. The first-order valence-electron chi connectivity index (χ1n) is 7.39. The third kappa shape index (κ3) is 4.08. The van der Waals surface area contributed by atoms with Gasteiger partial charge in [0.1, 0.15) is 17.5 Å². The molecule has 1 aromatic rings. The smallest absolute Gasteiger partial charge is 0.134 e. The van der Waals surface area contributed by atoms with Crippen molar-refractivity contribution in [2.24, 2.45) is 5.92 Å². The highest BCUT2D eigenvalue weighted by Gasteiger charge is 2.16. The van der Waals surface area contributed by atoms with Gasteiger partial charge in [-0.05, 0) is 33.6 Å². The van der Waals surface area contributed by atoms with E-state index in [-0.39, 0.29) is 0 Å². The Kier molecular flexibility index (Phi) is 6.06. The number of anilines is 2. The minimum atomic E-state index is 0.428. The predicted molar refractivity (Wildman–Crippen MR) is 82.8 cm³/mol. The topological polar surface area (TPSA) is 49.8 Å². The van der Waals surface area contributed by atoms with Crippen molar-refractivity contribution in [2.45, 2.75) is 60.4 Å². The van der Waals surface area contributed by atoms with Gasteiger partial charge in [-0.2, -0.15) is 0 Å². The summed E-state index contributed by atoms with van der Waals surface area (Å²) >= 11 is 0. The molecule has 1 rings (SSSR count). The molecule has 1 unspecified atom stereocenters. The second kappa shape index (κ2) is 7.31. The first-order chi connectivity index (χ1) is 9.03. The van der Waals surface area contributed by atoms with Crippen LogP contribution in [0.2, 0.25) is 0 Å². The SMILES string of the molecule is CCNc1nc(C)nc(NC(C)C(CC)CC)c1C. The predicted octanol–water partition coefficient (Wildman–Crippen LogP) is 3.76. The van der Waals surface area contributed by atoms with Gasteiger partial charge in [0.2, 0.25) is 0 Å². The summed E-state index contributed by atoms with van der Waals surface area (Å²) in [5, 5.41) is 6.86. The van der Waals surface area contributed by atoms with Crippen LogP contribution in [-0.2, 0) is 0 Å². The second-order valence-corrected chi connectivity index (χ2v) is 5.13. The molecule has 0 amide bonds. The van der Waals surface area contributed by atoms with Crippen molar-refractivity contribution < 1.29 is 0 Å². The van der Waals surface area contributed by atoms with Gasteiger partial charge in [0.05, 0.1) is 0 Å². The fourth-order valence-electron chi connectivity index (χ4n) is 2.44. The van der Waals surface area contributed by atoms with Crippen molar-refractivity contribution >= 4 is 11.6 Å². The van der Waals surface area contributed by atoms with E-state index in [4.69, 9.17) is 0 Å². The average Bonchev–Trinajstić information content (AvgIpc) is 2.36. The van der Waals surface area contributed by atoms with E-state index in [1.54, 1.807) is 0 Å². The Morgan fingerprint density at radius 1 is 1.00 bits per heavy atom. The fourth-order valence-corrected chi connectivity index (χ4v) is 2.44.